The van der Waals surface area contributed by atoms with E-state index in [9.17, 15) is 4.79 Å². The Labute approximate surface area is 116 Å². The third-order valence-corrected chi connectivity index (χ3v) is 2.81. The van der Waals surface area contributed by atoms with E-state index in [0.717, 1.165) is 18.6 Å². The second-order valence-corrected chi connectivity index (χ2v) is 4.42. The predicted octanol–water partition coefficient (Wildman–Crippen LogP) is 1.11. The molecule has 20 heavy (non-hydrogen) atoms. The Balaban J connectivity index is 1.83. The van der Waals surface area contributed by atoms with Crippen molar-refractivity contribution in [2.75, 3.05) is 5.43 Å². The zero-order valence-electron chi connectivity index (χ0n) is 11.2. The number of furan rings is 1. The second kappa shape index (κ2) is 6.67. The predicted molar refractivity (Wildman–Crippen MR) is 73.8 cm³/mol. The van der Waals surface area contributed by atoms with Crippen LogP contribution in [0.15, 0.2) is 35.2 Å². The van der Waals surface area contributed by atoms with Gasteiger partial charge in [0.25, 0.3) is 5.91 Å². The number of nitrogens with two attached hydrogens (primary N) is 1. The first-order chi connectivity index (χ1) is 9.69. The molecular weight excluding hydrogens is 258 g/mol. The number of aryl methyl sites for hydroxylation is 1. The zero-order chi connectivity index (χ0) is 14.4. The van der Waals surface area contributed by atoms with E-state index in [4.69, 9.17) is 10.3 Å². The molecule has 2 aromatic heterocycles. The molecule has 0 aliphatic heterocycles. The Morgan fingerprint density at radius 3 is 2.90 bits per heavy atom. The average Bonchev–Trinajstić information content (AvgIpc) is 2.98. The number of carbonyl (C=O) groups is 1. The Morgan fingerprint density at radius 1 is 1.45 bits per heavy atom. The van der Waals surface area contributed by atoms with Crippen LogP contribution in [0.2, 0.25) is 0 Å². The summed E-state index contributed by atoms with van der Waals surface area (Å²) in [5.41, 5.74) is 2.61. The molecule has 0 radical (unpaired) electrons. The summed E-state index contributed by atoms with van der Waals surface area (Å²) in [6.07, 6.45) is 5.98. The Morgan fingerprint density at radius 2 is 2.30 bits per heavy atom. The van der Waals surface area contributed by atoms with Gasteiger partial charge in [-0.3, -0.25) is 4.79 Å². The molecule has 0 aromatic carbocycles. The van der Waals surface area contributed by atoms with Gasteiger partial charge < -0.3 is 15.2 Å². The Hall–Kier alpha value is -2.41. The van der Waals surface area contributed by atoms with E-state index in [1.165, 1.54) is 12.4 Å². The number of nitrogens with zero attached hydrogens (tertiary/aromatic N) is 2. The summed E-state index contributed by atoms with van der Waals surface area (Å²) in [6, 6.07) is 3.78. The molecule has 0 fully saturated rings. The molecule has 106 valence electrons. The van der Waals surface area contributed by atoms with Gasteiger partial charge >= 0.3 is 0 Å². The lowest BCUT2D eigenvalue weighted by molar-refractivity contribution is 0.0932. The normalized spacial score (nSPS) is 11.9. The van der Waals surface area contributed by atoms with Crippen molar-refractivity contribution in [3.05, 3.63) is 42.2 Å². The molecule has 0 spiro atoms. The van der Waals surface area contributed by atoms with Crippen molar-refractivity contribution in [3.63, 3.8) is 0 Å². The average molecular weight is 275 g/mol. The van der Waals surface area contributed by atoms with Crippen molar-refractivity contribution in [2.45, 2.75) is 25.8 Å². The van der Waals surface area contributed by atoms with Gasteiger partial charge in [0.15, 0.2) is 5.82 Å². The molecule has 2 heterocycles. The number of nitrogens with one attached hydrogen (secondary N) is 2. The van der Waals surface area contributed by atoms with E-state index in [-0.39, 0.29) is 17.6 Å². The van der Waals surface area contributed by atoms with Gasteiger partial charge in [-0.1, -0.05) is 0 Å². The molecule has 7 nitrogen and oxygen atoms in total. The maximum Gasteiger partial charge on any atom is 0.271 e. The Kier molecular flexibility index (Phi) is 4.67. The number of hydrazine groups is 1. The van der Waals surface area contributed by atoms with Crippen LogP contribution in [0, 0.1) is 0 Å². The molecule has 7 heteroatoms. The fourth-order valence-electron chi connectivity index (χ4n) is 1.70. The monoisotopic (exact) mass is 275 g/mol. The smallest absolute Gasteiger partial charge is 0.271 e. The van der Waals surface area contributed by atoms with Crippen LogP contribution in [0.3, 0.4) is 0 Å². The first-order valence-corrected chi connectivity index (χ1v) is 6.31. The number of nitrogen functional groups attached to an aromatic ring is 1. The van der Waals surface area contributed by atoms with Crippen LogP contribution in [0.25, 0.3) is 0 Å². The van der Waals surface area contributed by atoms with Crippen LogP contribution in [0.5, 0.6) is 0 Å². The summed E-state index contributed by atoms with van der Waals surface area (Å²) in [7, 11) is 0. The maximum atomic E-state index is 11.9. The summed E-state index contributed by atoms with van der Waals surface area (Å²) in [5.74, 6) is 6.24. The van der Waals surface area contributed by atoms with Gasteiger partial charge in [-0.15, -0.1) is 0 Å². The minimum absolute atomic E-state index is 0.0155. The molecule has 0 aliphatic carbocycles. The largest absolute Gasteiger partial charge is 0.469 e. The molecule has 0 bridgehead atoms. The molecule has 2 aromatic rings. The van der Waals surface area contributed by atoms with Crippen LogP contribution in [-0.4, -0.2) is 21.9 Å². The fourth-order valence-corrected chi connectivity index (χ4v) is 1.70. The molecule has 0 saturated heterocycles. The summed E-state index contributed by atoms with van der Waals surface area (Å²) in [6.45, 7) is 1.93. The molecule has 1 amide bonds. The first-order valence-electron chi connectivity index (χ1n) is 6.31. The van der Waals surface area contributed by atoms with Gasteiger partial charge in [-0.05, 0) is 25.5 Å². The lowest BCUT2D eigenvalue weighted by atomic mass is 10.1. The SMILES string of the molecule is CC(CCc1ccco1)NC(=O)c1cnc(NN)cn1. The van der Waals surface area contributed by atoms with Crippen molar-refractivity contribution >= 4 is 11.7 Å². The van der Waals surface area contributed by atoms with Crippen LogP contribution in [0.4, 0.5) is 5.82 Å². The fraction of sp³-hybridized carbons (Fsp3) is 0.308. The van der Waals surface area contributed by atoms with Crippen molar-refractivity contribution in [2.24, 2.45) is 5.84 Å². The van der Waals surface area contributed by atoms with Crippen LogP contribution < -0.4 is 16.6 Å². The third kappa shape index (κ3) is 3.79. The number of aromatic nitrogens is 2. The number of carbonyl (C=O) groups excluding carboxylic acids is 1. The number of hydrogen-bond donors (Lipinski definition) is 3. The van der Waals surface area contributed by atoms with Gasteiger partial charge in [0.1, 0.15) is 11.5 Å². The van der Waals surface area contributed by atoms with E-state index in [0.29, 0.717) is 5.82 Å². The van der Waals surface area contributed by atoms with E-state index in [2.05, 4.69) is 20.7 Å². The van der Waals surface area contributed by atoms with Crippen molar-refractivity contribution < 1.29 is 9.21 Å². The summed E-state index contributed by atoms with van der Waals surface area (Å²) < 4.78 is 5.25. The highest BCUT2D eigenvalue weighted by molar-refractivity contribution is 5.92. The van der Waals surface area contributed by atoms with E-state index in [1.54, 1.807) is 6.26 Å². The topological polar surface area (TPSA) is 106 Å². The highest BCUT2D eigenvalue weighted by Crippen LogP contribution is 2.06. The number of amides is 1. The molecule has 0 aliphatic rings. The van der Waals surface area contributed by atoms with Crippen LogP contribution in [0.1, 0.15) is 29.6 Å². The van der Waals surface area contributed by atoms with Crippen LogP contribution >= 0.6 is 0 Å². The molecular formula is C13H17N5O2. The molecule has 1 unspecified atom stereocenters. The van der Waals surface area contributed by atoms with Crippen molar-refractivity contribution in [3.8, 4) is 0 Å². The van der Waals surface area contributed by atoms with Gasteiger partial charge in [-0.25, -0.2) is 15.8 Å². The van der Waals surface area contributed by atoms with Gasteiger partial charge in [0, 0.05) is 12.5 Å². The number of hydrogen-bond acceptors (Lipinski definition) is 6. The second-order valence-electron chi connectivity index (χ2n) is 4.42. The quantitative estimate of drug-likeness (QED) is 0.538. The summed E-state index contributed by atoms with van der Waals surface area (Å²) in [4.78, 5) is 19.8. The zero-order valence-corrected chi connectivity index (χ0v) is 11.2. The molecule has 2 rings (SSSR count). The van der Waals surface area contributed by atoms with Crippen LogP contribution in [-0.2, 0) is 6.42 Å². The molecule has 4 N–H and O–H groups in total. The lowest BCUT2D eigenvalue weighted by Crippen LogP contribution is -2.33. The molecule has 1 atom stereocenters. The van der Waals surface area contributed by atoms with E-state index < -0.39 is 0 Å². The van der Waals surface area contributed by atoms with Crippen molar-refractivity contribution in [1.29, 1.82) is 0 Å². The first kappa shape index (κ1) is 14.0. The van der Waals surface area contributed by atoms with Gasteiger partial charge in [0.2, 0.25) is 0 Å². The van der Waals surface area contributed by atoms with E-state index >= 15 is 0 Å². The maximum absolute atomic E-state index is 11.9. The Bertz CT molecular complexity index is 538. The highest BCUT2D eigenvalue weighted by atomic mass is 16.3. The number of anilines is 1. The minimum Gasteiger partial charge on any atom is -0.469 e. The number of rotatable bonds is 6. The third-order valence-electron chi connectivity index (χ3n) is 2.81. The summed E-state index contributed by atoms with van der Waals surface area (Å²) >= 11 is 0. The highest BCUT2D eigenvalue weighted by Gasteiger charge is 2.12. The standard InChI is InChI=1S/C13H17N5O2/c1-9(4-5-10-3-2-6-20-10)17-13(19)11-7-16-12(18-14)8-15-11/h2-3,6-9H,4-5,14H2,1H3,(H,16,18)(H,17,19). The minimum atomic E-state index is -0.256. The molecule has 0 saturated carbocycles. The lowest BCUT2D eigenvalue weighted by Gasteiger charge is -2.12. The van der Waals surface area contributed by atoms with Crippen molar-refractivity contribution in [1.82, 2.24) is 15.3 Å². The van der Waals surface area contributed by atoms with Gasteiger partial charge in [0.05, 0.1) is 18.7 Å². The summed E-state index contributed by atoms with van der Waals surface area (Å²) in [5, 5.41) is 2.86. The van der Waals surface area contributed by atoms with E-state index in [1.807, 2.05) is 19.1 Å². The van der Waals surface area contributed by atoms with Gasteiger partial charge in [-0.2, -0.15) is 0 Å².